The van der Waals surface area contributed by atoms with Gasteiger partial charge in [-0.3, -0.25) is 4.79 Å². The molecule has 7 nitrogen and oxygen atoms in total. The summed E-state index contributed by atoms with van der Waals surface area (Å²) < 4.78 is 6.46. The number of nitrogens with zero attached hydrogens (tertiary/aromatic N) is 2. The molecule has 1 aromatic carbocycles. The zero-order valence-corrected chi connectivity index (χ0v) is 11.4. The number of esters is 1. The van der Waals surface area contributed by atoms with Gasteiger partial charge in [0.2, 0.25) is 5.91 Å². The Kier molecular flexibility index (Phi) is 3.19. The fourth-order valence-corrected chi connectivity index (χ4v) is 2.20. The van der Waals surface area contributed by atoms with Crippen molar-refractivity contribution in [2.24, 2.45) is 5.73 Å². The minimum atomic E-state index is -0.637. The van der Waals surface area contributed by atoms with Crippen LogP contribution in [0.4, 0.5) is 5.69 Å². The molecule has 1 amide bonds. The highest BCUT2D eigenvalue weighted by atomic mass is 16.5. The molecular weight excluding hydrogens is 272 g/mol. The quantitative estimate of drug-likeness (QED) is 0.820. The summed E-state index contributed by atoms with van der Waals surface area (Å²) in [5, 5.41) is 6.84. The van der Waals surface area contributed by atoms with Gasteiger partial charge in [-0.25, -0.2) is 9.48 Å². The van der Waals surface area contributed by atoms with Crippen LogP contribution in [0.1, 0.15) is 28.9 Å². The molecule has 0 saturated carbocycles. The molecule has 1 aromatic heterocycles. The minimum Gasteiger partial charge on any atom is -0.462 e. The SMILES string of the molecule is CCOC(=O)c1cnn(-c2ccc3c(c2)NC(=O)C3N)c1. The normalized spacial score (nSPS) is 16.5. The lowest BCUT2D eigenvalue weighted by Gasteiger charge is -2.05. The number of hydrogen-bond donors (Lipinski definition) is 2. The number of anilines is 1. The Labute approximate surface area is 120 Å². The molecule has 1 aliphatic heterocycles. The van der Waals surface area contributed by atoms with Crippen LogP contribution < -0.4 is 11.1 Å². The predicted octanol–water partition coefficient (Wildman–Crippen LogP) is 1.00. The average Bonchev–Trinajstić information content (AvgIpc) is 3.05. The van der Waals surface area contributed by atoms with Gasteiger partial charge in [-0.2, -0.15) is 5.10 Å². The molecule has 2 aromatic rings. The second-order valence-corrected chi connectivity index (χ2v) is 4.63. The molecule has 1 atom stereocenters. The van der Waals surface area contributed by atoms with E-state index in [-0.39, 0.29) is 5.91 Å². The van der Waals surface area contributed by atoms with Gasteiger partial charge in [-0.15, -0.1) is 0 Å². The van der Waals surface area contributed by atoms with Gasteiger partial charge in [0.1, 0.15) is 6.04 Å². The third-order valence-electron chi connectivity index (χ3n) is 3.27. The molecule has 2 heterocycles. The van der Waals surface area contributed by atoms with Crippen molar-refractivity contribution in [3.05, 3.63) is 41.7 Å². The van der Waals surface area contributed by atoms with E-state index in [1.807, 2.05) is 0 Å². The number of fused-ring (bicyclic) bond motifs is 1. The number of nitrogens with two attached hydrogens (primary N) is 1. The van der Waals surface area contributed by atoms with Crippen molar-refractivity contribution in [2.45, 2.75) is 13.0 Å². The molecule has 3 N–H and O–H groups in total. The first kappa shape index (κ1) is 13.3. The highest BCUT2D eigenvalue weighted by Crippen LogP contribution is 2.30. The fraction of sp³-hybridized carbons (Fsp3) is 0.214. The van der Waals surface area contributed by atoms with Crippen molar-refractivity contribution in [1.29, 1.82) is 0 Å². The van der Waals surface area contributed by atoms with E-state index >= 15 is 0 Å². The largest absolute Gasteiger partial charge is 0.462 e. The number of benzene rings is 1. The van der Waals surface area contributed by atoms with Crippen molar-refractivity contribution in [3.63, 3.8) is 0 Å². The molecule has 7 heteroatoms. The third-order valence-corrected chi connectivity index (χ3v) is 3.27. The number of ether oxygens (including phenoxy) is 1. The molecule has 0 spiro atoms. The summed E-state index contributed by atoms with van der Waals surface area (Å²) in [6, 6.07) is 4.70. The number of carbonyl (C=O) groups is 2. The van der Waals surface area contributed by atoms with E-state index in [9.17, 15) is 9.59 Å². The predicted molar refractivity (Wildman–Crippen MR) is 75.1 cm³/mol. The summed E-state index contributed by atoms with van der Waals surface area (Å²) >= 11 is 0. The van der Waals surface area contributed by atoms with E-state index in [4.69, 9.17) is 10.5 Å². The molecule has 1 unspecified atom stereocenters. The number of rotatable bonds is 3. The van der Waals surface area contributed by atoms with Gasteiger partial charge in [0.25, 0.3) is 0 Å². The highest BCUT2D eigenvalue weighted by Gasteiger charge is 2.27. The summed E-state index contributed by atoms with van der Waals surface area (Å²) in [5.41, 5.74) is 8.27. The van der Waals surface area contributed by atoms with Crippen LogP contribution >= 0.6 is 0 Å². The van der Waals surface area contributed by atoms with Gasteiger partial charge in [0, 0.05) is 17.4 Å². The van der Waals surface area contributed by atoms with E-state index in [2.05, 4.69) is 10.4 Å². The van der Waals surface area contributed by atoms with Crippen LogP contribution in [0.25, 0.3) is 5.69 Å². The number of nitrogens with one attached hydrogen (secondary N) is 1. The van der Waals surface area contributed by atoms with E-state index in [1.54, 1.807) is 36.0 Å². The second kappa shape index (κ2) is 5.02. The fourth-order valence-electron chi connectivity index (χ4n) is 2.20. The summed E-state index contributed by atoms with van der Waals surface area (Å²) in [5.74, 6) is -0.643. The molecule has 0 aliphatic carbocycles. The first-order valence-corrected chi connectivity index (χ1v) is 6.52. The lowest BCUT2D eigenvalue weighted by atomic mass is 10.1. The highest BCUT2D eigenvalue weighted by molar-refractivity contribution is 6.02. The number of amides is 1. The van der Waals surface area contributed by atoms with Crippen LogP contribution in [-0.4, -0.2) is 28.3 Å². The van der Waals surface area contributed by atoms with Crippen molar-refractivity contribution in [2.75, 3.05) is 11.9 Å². The Morgan fingerprint density at radius 1 is 1.52 bits per heavy atom. The summed E-state index contributed by atoms with van der Waals surface area (Å²) in [4.78, 5) is 23.1. The average molecular weight is 286 g/mol. The molecule has 0 saturated heterocycles. The summed E-state index contributed by atoms with van der Waals surface area (Å²) in [6.07, 6.45) is 3.02. The molecule has 0 fully saturated rings. The van der Waals surface area contributed by atoms with Gasteiger partial charge in [-0.05, 0) is 19.1 Å². The first-order valence-electron chi connectivity index (χ1n) is 6.52. The van der Waals surface area contributed by atoms with Gasteiger partial charge in [-0.1, -0.05) is 6.07 Å². The molecule has 1 aliphatic rings. The molecular formula is C14H14N4O3. The van der Waals surface area contributed by atoms with Crippen LogP contribution in [0.2, 0.25) is 0 Å². The van der Waals surface area contributed by atoms with Gasteiger partial charge >= 0.3 is 5.97 Å². The Balaban J connectivity index is 1.91. The third kappa shape index (κ3) is 2.27. The first-order chi connectivity index (χ1) is 10.1. The maximum absolute atomic E-state index is 11.6. The molecule has 108 valence electrons. The van der Waals surface area contributed by atoms with Crippen molar-refractivity contribution in [1.82, 2.24) is 9.78 Å². The summed E-state index contributed by atoms with van der Waals surface area (Å²) in [7, 11) is 0. The zero-order valence-electron chi connectivity index (χ0n) is 11.4. The number of carbonyl (C=O) groups excluding carboxylic acids is 2. The maximum atomic E-state index is 11.6. The Morgan fingerprint density at radius 3 is 3.10 bits per heavy atom. The lowest BCUT2D eigenvalue weighted by Crippen LogP contribution is -2.19. The molecule has 0 radical (unpaired) electrons. The standard InChI is InChI=1S/C14H14N4O3/c1-2-21-14(20)8-6-16-18(7-8)9-3-4-10-11(5-9)17-13(19)12(10)15/h3-7,12H,2,15H2,1H3,(H,17,19). The van der Waals surface area contributed by atoms with E-state index in [0.29, 0.717) is 17.9 Å². The monoisotopic (exact) mass is 286 g/mol. The van der Waals surface area contributed by atoms with E-state index in [1.165, 1.54) is 6.20 Å². The van der Waals surface area contributed by atoms with Crippen molar-refractivity contribution >= 4 is 17.6 Å². The topological polar surface area (TPSA) is 99.2 Å². The van der Waals surface area contributed by atoms with Gasteiger partial charge in [0.15, 0.2) is 0 Å². The van der Waals surface area contributed by atoms with Crippen LogP contribution in [-0.2, 0) is 9.53 Å². The van der Waals surface area contributed by atoms with E-state index < -0.39 is 12.0 Å². The Hall–Kier alpha value is -2.67. The second-order valence-electron chi connectivity index (χ2n) is 4.63. The van der Waals surface area contributed by atoms with Crippen LogP contribution in [0.5, 0.6) is 0 Å². The smallest absolute Gasteiger partial charge is 0.341 e. The lowest BCUT2D eigenvalue weighted by molar-refractivity contribution is -0.116. The zero-order chi connectivity index (χ0) is 15.0. The summed E-state index contributed by atoms with van der Waals surface area (Å²) in [6.45, 7) is 2.06. The van der Waals surface area contributed by atoms with Crippen LogP contribution in [0, 0.1) is 0 Å². The maximum Gasteiger partial charge on any atom is 0.341 e. The number of hydrogen-bond acceptors (Lipinski definition) is 5. The van der Waals surface area contributed by atoms with Crippen LogP contribution in [0.15, 0.2) is 30.6 Å². The van der Waals surface area contributed by atoms with Gasteiger partial charge in [0.05, 0.1) is 24.1 Å². The Bertz CT molecular complexity index is 723. The molecule has 0 bridgehead atoms. The van der Waals surface area contributed by atoms with E-state index in [0.717, 1.165) is 11.3 Å². The minimum absolute atomic E-state index is 0.227. The number of aromatic nitrogens is 2. The molecule has 3 rings (SSSR count). The van der Waals surface area contributed by atoms with Crippen molar-refractivity contribution in [3.8, 4) is 5.69 Å². The molecule has 21 heavy (non-hydrogen) atoms. The van der Waals surface area contributed by atoms with Crippen molar-refractivity contribution < 1.29 is 14.3 Å². The van der Waals surface area contributed by atoms with Gasteiger partial charge < -0.3 is 15.8 Å². The van der Waals surface area contributed by atoms with Crippen LogP contribution in [0.3, 0.4) is 0 Å². The Morgan fingerprint density at radius 2 is 2.33 bits per heavy atom.